The number of nitrogens with one attached hydrogen (secondary N) is 1. The Balaban J connectivity index is 2.22. The van der Waals surface area contributed by atoms with Gasteiger partial charge in [0, 0.05) is 18.2 Å². The molecule has 9 heteroatoms. The molecule has 28 heavy (non-hydrogen) atoms. The van der Waals surface area contributed by atoms with Crippen LogP contribution < -0.4 is 5.32 Å². The molecule has 0 atom stereocenters. The lowest BCUT2D eigenvalue weighted by Gasteiger charge is -2.14. The lowest BCUT2D eigenvalue weighted by atomic mass is 10.2. The molecule has 0 aliphatic carbocycles. The van der Waals surface area contributed by atoms with E-state index in [2.05, 4.69) is 10.3 Å². The zero-order valence-electron chi connectivity index (χ0n) is 15.2. The van der Waals surface area contributed by atoms with E-state index < -0.39 is 5.97 Å². The van der Waals surface area contributed by atoms with Crippen molar-refractivity contribution in [1.29, 1.82) is 0 Å². The third-order valence-corrected chi connectivity index (χ3v) is 5.10. The number of aliphatic hydroxyl groups is 1. The van der Waals surface area contributed by atoms with Gasteiger partial charge in [-0.15, -0.1) is 0 Å². The number of rotatable bonds is 6. The van der Waals surface area contributed by atoms with E-state index in [-0.39, 0.29) is 6.61 Å². The number of carbonyl (C=O) groups is 1. The number of methoxy groups -OCH3 is 1. The number of aliphatic hydroxyl groups excluding tert-OH is 1. The van der Waals surface area contributed by atoms with Crippen LogP contribution in [-0.4, -0.2) is 34.3 Å². The number of esters is 1. The summed E-state index contributed by atoms with van der Waals surface area (Å²) in [5.74, 6) is -0.0619. The second-order valence-corrected chi connectivity index (χ2v) is 7.40. The molecule has 0 amide bonds. The maximum absolute atomic E-state index is 12.3. The van der Waals surface area contributed by atoms with Gasteiger partial charge in [-0.25, -0.2) is 9.78 Å². The monoisotopic (exact) mass is 441 g/mol. The minimum Gasteiger partial charge on any atom is -0.465 e. The number of imidazole rings is 1. The molecule has 0 spiro atoms. The number of carbonyl (C=O) groups excluding carboxylic acids is 1. The molecule has 2 N–H and O–H groups in total. The van der Waals surface area contributed by atoms with Gasteiger partial charge >= 0.3 is 5.97 Å². The van der Waals surface area contributed by atoms with Gasteiger partial charge in [0.15, 0.2) is 0 Å². The highest BCUT2D eigenvalue weighted by molar-refractivity contribution is 6.37. The molecule has 3 rings (SSSR count). The van der Waals surface area contributed by atoms with Crippen molar-refractivity contribution in [2.75, 3.05) is 19.0 Å². The summed E-state index contributed by atoms with van der Waals surface area (Å²) in [4.78, 5) is 16.8. The fourth-order valence-corrected chi connectivity index (χ4v) is 3.83. The van der Waals surface area contributed by atoms with Gasteiger partial charge in [0.05, 0.1) is 33.9 Å². The standard InChI is InChI=1S/C19H18Cl3N3O3/c1-10-8-11(20)9-14(22)15(10)23-19-24-16-13(21)5-4-12(18(27)28-2)17(16)25(19)6-3-7-26/h4-5,8-9,26H,3,6-7H2,1-2H3,(H,23,24). The molecule has 0 unspecified atom stereocenters. The summed E-state index contributed by atoms with van der Waals surface area (Å²) in [5.41, 5.74) is 2.78. The van der Waals surface area contributed by atoms with E-state index in [0.717, 1.165) is 5.56 Å². The number of ether oxygens (including phenoxy) is 1. The van der Waals surface area contributed by atoms with Crippen LogP contribution in [0, 0.1) is 6.92 Å². The Hall–Kier alpha value is -1.99. The average Bonchev–Trinajstić information content (AvgIpc) is 3.01. The number of anilines is 2. The molecule has 1 aromatic heterocycles. The number of aryl methyl sites for hydroxylation is 2. The van der Waals surface area contributed by atoms with Gasteiger partial charge in [0.2, 0.25) is 5.95 Å². The lowest BCUT2D eigenvalue weighted by Crippen LogP contribution is -2.10. The van der Waals surface area contributed by atoms with E-state index in [1.165, 1.54) is 7.11 Å². The van der Waals surface area contributed by atoms with Crippen molar-refractivity contribution >= 4 is 63.4 Å². The fraction of sp³-hybridized carbons (Fsp3) is 0.263. The van der Waals surface area contributed by atoms with Crippen molar-refractivity contribution < 1.29 is 14.6 Å². The van der Waals surface area contributed by atoms with Crippen molar-refractivity contribution in [3.8, 4) is 0 Å². The Labute approximate surface area is 177 Å². The number of fused-ring (bicyclic) bond motifs is 1. The first-order chi connectivity index (χ1) is 13.4. The van der Waals surface area contributed by atoms with Crippen LogP contribution in [0.15, 0.2) is 24.3 Å². The van der Waals surface area contributed by atoms with Gasteiger partial charge in [-0.3, -0.25) is 0 Å². The second-order valence-electron chi connectivity index (χ2n) is 6.15. The van der Waals surface area contributed by atoms with Crippen LogP contribution in [0.4, 0.5) is 11.6 Å². The van der Waals surface area contributed by atoms with E-state index in [4.69, 9.17) is 39.5 Å². The molecule has 0 bridgehead atoms. The lowest BCUT2D eigenvalue weighted by molar-refractivity contribution is 0.0602. The predicted octanol–water partition coefficient (Wildman–Crippen LogP) is 5.22. The Bertz CT molecular complexity index is 1030. The van der Waals surface area contributed by atoms with Crippen LogP contribution in [-0.2, 0) is 11.3 Å². The first-order valence-corrected chi connectivity index (χ1v) is 9.61. The number of hydrogen-bond donors (Lipinski definition) is 2. The Morgan fingerprint density at radius 3 is 2.64 bits per heavy atom. The molecular weight excluding hydrogens is 425 g/mol. The summed E-state index contributed by atoms with van der Waals surface area (Å²) in [6.07, 6.45) is 0.459. The van der Waals surface area contributed by atoms with E-state index >= 15 is 0 Å². The van der Waals surface area contributed by atoms with E-state index in [1.54, 1.807) is 28.8 Å². The van der Waals surface area contributed by atoms with E-state index in [0.29, 0.717) is 56.3 Å². The van der Waals surface area contributed by atoms with Gasteiger partial charge in [0.25, 0.3) is 0 Å². The highest BCUT2D eigenvalue weighted by Crippen LogP contribution is 2.35. The molecule has 0 radical (unpaired) electrons. The quantitative estimate of drug-likeness (QED) is 0.512. The second kappa shape index (κ2) is 8.57. The fourth-order valence-electron chi connectivity index (χ4n) is 3.00. The van der Waals surface area contributed by atoms with E-state index in [1.807, 2.05) is 6.92 Å². The van der Waals surface area contributed by atoms with Crippen molar-refractivity contribution in [2.24, 2.45) is 0 Å². The molecule has 0 saturated carbocycles. The highest BCUT2D eigenvalue weighted by Gasteiger charge is 2.21. The van der Waals surface area contributed by atoms with E-state index in [9.17, 15) is 9.90 Å². The number of hydrogen-bond acceptors (Lipinski definition) is 5. The molecule has 0 aliphatic heterocycles. The molecule has 0 fully saturated rings. The summed E-state index contributed by atoms with van der Waals surface area (Å²) in [5, 5.41) is 13.9. The summed E-state index contributed by atoms with van der Waals surface area (Å²) in [6, 6.07) is 6.61. The normalized spacial score (nSPS) is 11.1. The highest BCUT2D eigenvalue weighted by atomic mass is 35.5. The van der Waals surface area contributed by atoms with Gasteiger partial charge in [-0.05, 0) is 43.2 Å². The Kier molecular flexibility index (Phi) is 6.35. The summed E-state index contributed by atoms with van der Waals surface area (Å²) in [6.45, 7) is 2.26. The van der Waals surface area contributed by atoms with Crippen LogP contribution in [0.2, 0.25) is 15.1 Å². The van der Waals surface area contributed by atoms with Crippen molar-refractivity contribution in [3.63, 3.8) is 0 Å². The first kappa shape index (κ1) is 20.7. The predicted molar refractivity (Wildman–Crippen MR) is 112 cm³/mol. The first-order valence-electron chi connectivity index (χ1n) is 8.48. The van der Waals surface area contributed by atoms with Crippen molar-refractivity contribution in [3.05, 3.63) is 50.5 Å². The zero-order valence-corrected chi connectivity index (χ0v) is 17.5. The van der Waals surface area contributed by atoms with Crippen LogP contribution >= 0.6 is 34.8 Å². The molecule has 1 heterocycles. The smallest absolute Gasteiger partial charge is 0.340 e. The minimum absolute atomic E-state index is 0.0199. The largest absolute Gasteiger partial charge is 0.465 e. The number of nitrogens with zero attached hydrogens (tertiary/aromatic N) is 2. The average molecular weight is 443 g/mol. The topological polar surface area (TPSA) is 76.4 Å². The molecule has 148 valence electrons. The third kappa shape index (κ3) is 3.91. The molecule has 0 saturated heterocycles. The zero-order chi connectivity index (χ0) is 20.4. The Morgan fingerprint density at radius 2 is 2.00 bits per heavy atom. The number of benzene rings is 2. The maximum atomic E-state index is 12.3. The van der Waals surface area contributed by atoms with Gasteiger partial charge < -0.3 is 19.7 Å². The van der Waals surface area contributed by atoms with Crippen molar-refractivity contribution in [2.45, 2.75) is 19.9 Å². The number of halogens is 3. The van der Waals surface area contributed by atoms with Crippen LogP contribution in [0.25, 0.3) is 11.0 Å². The summed E-state index contributed by atoms with van der Waals surface area (Å²) in [7, 11) is 1.31. The maximum Gasteiger partial charge on any atom is 0.340 e. The van der Waals surface area contributed by atoms with Gasteiger partial charge in [-0.1, -0.05) is 34.8 Å². The summed E-state index contributed by atoms with van der Waals surface area (Å²) < 4.78 is 6.68. The molecule has 6 nitrogen and oxygen atoms in total. The number of aromatic nitrogens is 2. The molecular formula is C19H18Cl3N3O3. The molecule has 0 aliphatic rings. The molecule has 3 aromatic rings. The molecule has 2 aromatic carbocycles. The third-order valence-electron chi connectivity index (χ3n) is 4.28. The van der Waals surface area contributed by atoms with Gasteiger partial charge in [-0.2, -0.15) is 0 Å². The van der Waals surface area contributed by atoms with Crippen LogP contribution in [0.3, 0.4) is 0 Å². The van der Waals surface area contributed by atoms with Crippen LogP contribution in [0.5, 0.6) is 0 Å². The Morgan fingerprint density at radius 1 is 1.25 bits per heavy atom. The van der Waals surface area contributed by atoms with Crippen molar-refractivity contribution in [1.82, 2.24) is 9.55 Å². The van der Waals surface area contributed by atoms with Gasteiger partial charge in [0.1, 0.15) is 5.52 Å². The summed E-state index contributed by atoms with van der Waals surface area (Å²) >= 11 is 18.7. The SMILES string of the molecule is COC(=O)c1ccc(Cl)c2nc(Nc3c(C)cc(Cl)cc3Cl)n(CCCO)c12. The van der Waals surface area contributed by atoms with Crippen LogP contribution in [0.1, 0.15) is 22.3 Å². The minimum atomic E-state index is -0.501.